The van der Waals surface area contributed by atoms with E-state index in [1.54, 1.807) is 0 Å². The Morgan fingerprint density at radius 1 is 1.03 bits per heavy atom. The van der Waals surface area contributed by atoms with Crippen LogP contribution in [0.3, 0.4) is 0 Å². The van der Waals surface area contributed by atoms with Crippen LogP contribution in [0.15, 0.2) is 48.5 Å². The van der Waals surface area contributed by atoms with Crippen LogP contribution in [-0.2, 0) is 18.3 Å². The highest BCUT2D eigenvalue weighted by atomic mass is 32.1. The van der Waals surface area contributed by atoms with E-state index >= 15 is 0 Å². The van der Waals surface area contributed by atoms with Gasteiger partial charge in [0.05, 0.1) is 6.61 Å². The monoisotopic (exact) mass is 409 g/mol. The van der Waals surface area contributed by atoms with E-state index < -0.39 is 0 Å². The quantitative estimate of drug-likeness (QED) is 0.577. The molecule has 0 fully saturated rings. The van der Waals surface area contributed by atoms with Gasteiger partial charge in [-0.2, -0.15) is 0 Å². The summed E-state index contributed by atoms with van der Waals surface area (Å²) in [5.41, 5.74) is 3.14. The van der Waals surface area contributed by atoms with Crippen molar-refractivity contribution >= 4 is 22.4 Å². The van der Waals surface area contributed by atoms with Crippen LogP contribution < -0.4 is 10.1 Å². The van der Waals surface area contributed by atoms with E-state index in [1.165, 1.54) is 22.5 Å². The third-order valence-electron chi connectivity index (χ3n) is 4.62. The van der Waals surface area contributed by atoms with Gasteiger partial charge < -0.3 is 4.74 Å². The number of anilines is 1. The molecule has 6 heteroatoms. The highest BCUT2D eigenvalue weighted by Crippen LogP contribution is 2.23. The fraction of sp³-hybridized carbons (Fsp3) is 0.348. The molecule has 0 unspecified atom stereocenters. The molecule has 0 bridgehead atoms. The van der Waals surface area contributed by atoms with Gasteiger partial charge in [0.1, 0.15) is 10.8 Å². The maximum Gasteiger partial charge on any atom is 0.257 e. The minimum absolute atomic E-state index is 0.0588. The van der Waals surface area contributed by atoms with Gasteiger partial charge in [-0.25, -0.2) is 0 Å². The standard InChI is InChI=1S/C23H27N3O2S/c1-5-16-6-12-19(13-7-16)28-15-14-20-25-26-22(29-20)24-21(27)17-8-10-18(11-9-17)23(2,3)4/h6-13H,5,14-15H2,1-4H3,(H,24,26,27). The second-order valence-electron chi connectivity index (χ2n) is 7.88. The molecule has 0 atom stereocenters. The van der Waals surface area contributed by atoms with E-state index in [0.29, 0.717) is 23.7 Å². The second-order valence-corrected chi connectivity index (χ2v) is 8.94. The molecule has 0 aliphatic rings. The molecule has 3 rings (SSSR count). The first-order valence-electron chi connectivity index (χ1n) is 9.81. The van der Waals surface area contributed by atoms with E-state index in [2.05, 4.69) is 55.3 Å². The molecular weight excluding hydrogens is 382 g/mol. The first-order chi connectivity index (χ1) is 13.8. The molecule has 0 spiro atoms. The summed E-state index contributed by atoms with van der Waals surface area (Å²) in [4.78, 5) is 12.4. The fourth-order valence-electron chi connectivity index (χ4n) is 2.77. The average molecular weight is 410 g/mol. The first kappa shape index (κ1) is 21.0. The van der Waals surface area contributed by atoms with Crippen molar-refractivity contribution in [3.05, 3.63) is 70.2 Å². The Labute approximate surface area is 176 Å². The van der Waals surface area contributed by atoms with E-state index in [9.17, 15) is 4.79 Å². The van der Waals surface area contributed by atoms with Crippen molar-refractivity contribution in [2.24, 2.45) is 0 Å². The van der Waals surface area contributed by atoms with Crippen LogP contribution >= 0.6 is 11.3 Å². The molecule has 0 aliphatic carbocycles. The molecule has 29 heavy (non-hydrogen) atoms. The average Bonchev–Trinajstić information content (AvgIpc) is 3.15. The molecule has 3 aromatic rings. The van der Waals surface area contributed by atoms with E-state index in [1.807, 2.05) is 36.4 Å². The smallest absolute Gasteiger partial charge is 0.257 e. The number of nitrogens with zero attached hydrogens (tertiary/aromatic N) is 2. The van der Waals surface area contributed by atoms with Gasteiger partial charge in [-0.1, -0.05) is 63.3 Å². The van der Waals surface area contributed by atoms with Crippen LogP contribution in [-0.4, -0.2) is 22.7 Å². The Morgan fingerprint density at radius 2 is 1.72 bits per heavy atom. The molecule has 0 aliphatic heterocycles. The number of carbonyl (C=O) groups excluding carboxylic acids is 1. The molecule has 0 saturated carbocycles. The number of nitrogens with one attached hydrogen (secondary N) is 1. The molecule has 2 aromatic carbocycles. The largest absolute Gasteiger partial charge is 0.493 e. The van der Waals surface area contributed by atoms with Gasteiger partial charge in [0.2, 0.25) is 5.13 Å². The summed E-state index contributed by atoms with van der Waals surface area (Å²) in [6.45, 7) is 9.09. The minimum atomic E-state index is -0.180. The Bertz CT molecular complexity index is 942. The molecule has 0 saturated heterocycles. The molecule has 0 radical (unpaired) electrons. The zero-order valence-corrected chi connectivity index (χ0v) is 18.2. The molecule has 152 valence electrons. The number of amides is 1. The molecule has 1 aromatic heterocycles. The van der Waals surface area contributed by atoms with Crippen LogP contribution in [0.4, 0.5) is 5.13 Å². The lowest BCUT2D eigenvalue weighted by atomic mass is 9.87. The fourth-order valence-corrected chi connectivity index (χ4v) is 3.49. The Kier molecular flexibility index (Phi) is 6.64. The van der Waals surface area contributed by atoms with Crippen LogP contribution in [0.1, 0.15) is 54.2 Å². The van der Waals surface area contributed by atoms with Crippen molar-refractivity contribution in [1.29, 1.82) is 0 Å². The maximum atomic E-state index is 12.4. The SMILES string of the molecule is CCc1ccc(OCCc2nnc(NC(=O)c3ccc(C(C)(C)C)cc3)s2)cc1. The van der Waals surface area contributed by atoms with Crippen LogP contribution in [0, 0.1) is 0 Å². The lowest BCUT2D eigenvalue weighted by molar-refractivity contribution is 0.102. The summed E-state index contributed by atoms with van der Waals surface area (Å²) < 4.78 is 5.76. The summed E-state index contributed by atoms with van der Waals surface area (Å²) in [5.74, 6) is 0.666. The van der Waals surface area contributed by atoms with Crippen LogP contribution in [0.5, 0.6) is 5.75 Å². The van der Waals surface area contributed by atoms with E-state index in [0.717, 1.165) is 17.2 Å². The highest BCUT2D eigenvalue weighted by Gasteiger charge is 2.15. The van der Waals surface area contributed by atoms with Crippen molar-refractivity contribution in [2.75, 3.05) is 11.9 Å². The number of ether oxygens (including phenoxy) is 1. The van der Waals surface area contributed by atoms with Gasteiger partial charge in [-0.05, 0) is 47.2 Å². The molecule has 5 nitrogen and oxygen atoms in total. The lowest BCUT2D eigenvalue weighted by Gasteiger charge is -2.18. The number of hydrogen-bond acceptors (Lipinski definition) is 5. The van der Waals surface area contributed by atoms with Gasteiger partial charge in [0.25, 0.3) is 5.91 Å². The van der Waals surface area contributed by atoms with Crippen LogP contribution in [0.2, 0.25) is 0 Å². The topological polar surface area (TPSA) is 64.1 Å². The molecule has 1 N–H and O–H groups in total. The molecule has 1 heterocycles. The highest BCUT2D eigenvalue weighted by molar-refractivity contribution is 7.15. The van der Waals surface area contributed by atoms with Crippen molar-refractivity contribution in [1.82, 2.24) is 10.2 Å². The third kappa shape index (κ3) is 5.87. The Hall–Kier alpha value is -2.73. The van der Waals surface area contributed by atoms with Gasteiger partial charge in [0.15, 0.2) is 0 Å². The van der Waals surface area contributed by atoms with Crippen molar-refractivity contribution in [3.8, 4) is 5.75 Å². The molecule has 1 amide bonds. The summed E-state index contributed by atoms with van der Waals surface area (Å²) in [5, 5.41) is 12.4. The number of aromatic nitrogens is 2. The lowest BCUT2D eigenvalue weighted by Crippen LogP contribution is -2.14. The van der Waals surface area contributed by atoms with Crippen molar-refractivity contribution < 1.29 is 9.53 Å². The summed E-state index contributed by atoms with van der Waals surface area (Å²) in [6, 6.07) is 15.8. The summed E-state index contributed by atoms with van der Waals surface area (Å²) in [7, 11) is 0. The minimum Gasteiger partial charge on any atom is -0.493 e. The predicted molar refractivity (Wildman–Crippen MR) is 118 cm³/mol. The molecular formula is C23H27N3O2S. The first-order valence-corrected chi connectivity index (χ1v) is 10.6. The van der Waals surface area contributed by atoms with E-state index in [4.69, 9.17) is 4.74 Å². The van der Waals surface area contributed by atoms with Gasteiger partial charge in [0, 0.05) is 12.0 Å². The van der Waals surface area contributed by atoms with E-state index in [-0.39, 0.29) is 11.3 Å². The number of benzene rings is 2. The van der Waals surface area contributed by atoms with Gasteiger partial charge in [-0.15, -0.1) is 10.2 Å². The number of aryl methyl sites for hydroxylation is 1. The zero-order valence-electron chi connectivity index (χ0n) is 17.4. The predicted octanol–water partition coefficient (Wildman–Crippen LogP) is 5.27. The zero-order chi connectivity index (χ0) is 20.9. The van der Waals surface area contributed by atoms with Crippen LogP contribution in [0.25, 0.3) is 0 Å². The maximum absolute atomic E-state index is 12.4. The van der Waals surface area contributed by atoms with Gasteiger partial charge in [-0.3, -0.25) is 10.1 Å². The number of hydrogen-bond donors (Lipinski definition) is 1. The normalized spacial score (nSPS) is 11.3. The summed E-state index contributed by atoms with van der Waals surface area (Å²) in [6.07, 6.45) is 1.66. The summed E-state index contributed by atoms with van der Waals surface area (Å²) >= 11 is 1.37. The Morgan fingerprint density at radius 3 is 2.34 bits per heavy atom. The third-order valence-corrected chi connectivity index (χ3v) is 5.52. The van der Waals surface area contributed by atoms with Crippen molar-refractivity contribution in [3.63, 3.8) is 0 Å². The number of rotatable bonds is 7. The van der Waals surface area contributed by atoms with Crippen molar-refractivity contribution in [2.45, 2.75) is 46.0 Å². The Balaban J connectivity index is 1.51. The number of carbonyl (C=O) groups is 1. The second kappa shape index (κ2) is 9.18. The van der Waals surface area contributed by atoms with Gasteiger partial charge >= 0.3 is 0 Å².